The molecule has 20 heavy (non-hydrogen) atoms. The van der Waals surface area contributed by atoms with Crippen molar-refractivity contribution in [2.45, 2.75) is 65.3 Å². The lowest BCUT2D eigenvalue weighted by atomic mass is 9.84. The number of hydrogen-bond acceptors (Lipinski definition) is 3. The summed E-state index contributed by atoms with van der Waals surface area (Å²) in [5.41, 5.74) is 0.506. The molecule has 3 nitrogen and oxygen atoms in total. The topological polar surface area (TPSA) is 24.5 Å². The van der Waals surface area contributed by atoms with Gasteiger partial charge >= 0.3 is 0 Å². The Balaban J connectivity index is 2.67. The van der Waals surface area contributed by atoms with Gasteiger partial charge in [0.15, 0.2) is 0 Å². The molecule has 0 bridgehead atoms. The van der Waals surface area contributed by atoms with Crippen molar-refractivity contribution in [3.8, 4) is 0 Å². The van der Waals surface area contributed by atoms with E-state index < -0.39 is 0 Å². The quantitative estimate of drug-likeness (QED) is 0.630. The molecule has 0 amide bonds. The van der Waals surface area contributed by atoms with Crippen LogP contribution in [-0.2, 0) is 4.74 Å². The van der Waals surface area contributed by atoms with E-state index in [0.29, 0.717) is 11.5 Å². The normalized spacial score (nSPS) is 18.3. The molecule has 0 aromatic carbocycles. The first-order valence-corrected chi connectivity index (χ1v) is 8.65. The Bertz CT molecular complexity index is 235. The second-order valence-electron chi connectivity index (χ2n) is 6.42. The molecule has 1 rings (SSSR count). The van der Waals surface area contributed by atoms with Crippen LogP contribution in [0.3, 0.4) is 0 Å². The van der Waals surface area contributed by atoms with Crippen molar-refractivity contribution in [3.05, 3.63) is 0 Å². The Labute approximate surface area is 126 Å². The molecule has 0 heterocycles. The van der Waals surface area contributed by atoms with E-state index in [2.05, 4.69) is 31.0 Å². The van der Waals surface area contributed by atoms with Gasteiger partial charge in [-0.3, -0.25) is 4.90 Å². The average molecular weight is 284 g/mol. The summed E-state index contributed by atoms with van der Waals surface area (Å²) in [5.74, 6) is 0. The third kappa shape index (κ3) is 5.34. The zero-order valence-electron chi connectivity index (χ0n) is 14.2. The number of ether oxygens (including phenoxy) is 1. The number of rotatable bonds is 11. The van der Waals surface area contributed by atoms with Crippen molar-refractivity contribution in [2.24, 2.45) is 5.41 Å². The van der Waals surface area contributed by atoms with Gasteiger partial charge in [0.1, 0.15) is 0 Å². The monoisotopic (exact) mass is 284 g/mol. The smallest absolute Gasteiger partial charge is 0.0589 e. The summed E-state index contributed by atoms with van der Waals surface area (Å²) in [6, 6.07) is 0.712. The number of nitrogens with zero attached hydrogens (tertiary/aromatic N) is 1. The highest BCUT2D eigenvalue weighted by Gasteiger charge is 2.36. The summed E-state index contributed by atoms with van der Waals surface area (Å²) in [6.07, 6.45) is 8.10. The van der Waals surface area contributed by atoms with Crippen LogP contribution < -0.4 is 5.32 Å². The zero-order valence-corrected chi connectivity index (χ0v) is 14.2. The maximum atomic E-state index is 5.33. The van der Waals surface area contributed by atoms with Crippen LogP contribution in [0.1, 0.15) is 59.3 Å². The van der Waals surface area contributed by atoms with E-state index in [0.717, 1.165) is 19.7 Å². The zero-order chi connectivity index (χ0) is 14.8. The summed E-state index contributed by atoms with van der Waals surface area (Å²) >= 11 is 0. The van der Waals surface area contributed by atoms with E-state index in [4.69, 9.17) is 4.74 Å². The molecule has 120 valence electrons. The summed E-state index contributed by atoms with van der Waals surface area (Å²) < 4.78 is 5.33. The van der Waals surface area contributed by atoms with E-state index in [1.165, 1.54) is 51.6 Å². The average Bonchev–Trinajstić information content (AvgIpc) is 2.92. The molecule has 0 aromatic heterocycles. The van der Waals surface area contributed by atoms with Gasteiger partial charge in [-0.15, -0.1) is 0 Å². The second-order valence-corrected chi connectivity index (χ2v) is 6.42. The van der Waals surface area contributed by atoms with Crippen LogP contribution in [0, 0.1) is 5.41 Å². The van der Waals surface area contributed by atoms with E-state index in [1.807, 2.05) is 7.11 Å². The van der Waals surface area contributed by atoms with Crippen molar-refractivity contribution in [3.63, 3.8) is 0 Å². The molecular weight excluding hydrogens is 248 g/mol. The molecule has 0 spiro atoms. The van der Waals surface area contributed by atoms with Crippen LogP contribution in [0.5, 0.6) is 0 Å². The fourth-order valence-corrected chi connectivity index (χ4v) is 3.74. The van der Waals surface area contributed by atoms with Gasteiger partial charge in [-0.05, 0) is 37.6 Å². The number of nitrogens with one attached hydrogen (secondary N) is 1. The van der Waals surface area contributed by atoms with Crippen LogP contribution in [0.2, 0.25) is 0 Å². The first-order chi connectivity index (χ1) is 9.71. The van der Waals surface area contributed by atoms with Gasteiger partial charge in [0.25, 0.3) is 0 Å². The molecule has 0 saturated heterocycles. The van der Waals surface area contributed by atoms with Gasteiger partial charge in [0.2, 0.25) is 0 Å². The van der Waals surface area contributed by atoms with Gasteiger partial charge in [0.05, 0.1) is 6.61 Å². The highest BCUT2D eigenvalue weighted by molar-refractivity contribution is 4.90. The number of hydrogen-bond donors (Lipinski definition) is 1. The van der Waals surface area contributed by atoms with Gasteiger partial charge in [0, 0.05) is 32.8 Å². The molecule has 1 fully saturated rings. The third-order valence-electron chi connectivity index (χ3n) is 4.99. The fourth-order valence-electron chi connectivity index (χ4n) is 3.74. The first-order valence-electron chi connectivity index (χ1n) is 8.65. The maximum absolute atomic E-state index is 5.33. The predicted molar refractivity (Wildman–Crippen MR) is 87.3 cm³/mol. The van der Waals surface area contributed by atoms with Crippen molar-refractivity contribution in [2.75, 3.05) is 39.9 Å². The molecular formula is C17H36N2O. The molecule has 0 unspecified atom stereocenters. The standard InChI is InChI=1S/C17H36N2O/c1-5-16(6-2)19(12-13-20-4)15-17(14-18-7-3)10-8-9-11-17/h16,18H,5-15H2,1-4H3. The largest absolute Gasteiger partial charge is 0.383 e. The van der Waals surface area contributed by atoms with Crippen molar-refractivity contribution in [1.82, 2.24) is 10.2 Å². The Kier molecular flexibility index (Phi) is 8.74. The Morgan fingerprint density at radius 1 is 1.15 bits per heavy atom. The fraction of sp³-hybridized carbons (Fsp3) is 1.00. The minimum atomic E-state index is 0.506. The van der Waals surface area contributed by atoms with E-state index in [9.17, 15) is 0 Å². The van der Waals surface area contributed by atoms with E-state index >= 15 is 0 Å². The van der Waals surface area contributed by atoms with Crippen LogP contribution in [0.15, 0.2) is 0 Å². The van der Waals surface area contributed by atoms with Crippen LogP contribution in [0.25, 0.3) is 0 Å². The molecule has 0 aromatic rings. The van der Waals surface area contributed by atoms with Crippen molar-refractivity contribution >= 4 is 0 Å². The molecule has 0 aliphatic heterocycles. The van der Waals surface area contributed by atoms with E-state index in [-0.39, 0.29) is 0 Å². The van der Waals surface area contributed by atoms with Gasteiger partial charge in [-0.2, -0.15) is 0 Å². The Morgan fingerprint density at radius 3 is 2.30 bits per heavy atom. The first kappa shape index (κ1) is 17.9. The van der Waals surface area contributed by atoms with Gasteiger partial charge in [-0.25, -0.2) is 0 Å². The van der Waals surface area contributed by atoms with Crippen LogP contribution in [0.4, 0.5) is 0 Å². The SMILES string of the molecule is CCNCC1(CN(CCOC)C(CC)CC)CCCC1. The lowest BCUT2D eigenvalue weighted by Crippen LogP contribution is -2.47. The molecule has 1 N–H and O–H groups in total. The predicted octanol–water partition coefficient (Wildman–Crippen LogP) is 3.29. The maximum Gasteiger partial charge on any atom is 0.0589 e. The second kappa shape index (κ2) is 9.75. The minimum Gasteiger partial charge on any atom is -0.383 e. The molecule has 1 saturated carbocycles. The summed E-state index contributed by atoms with van der Waals surface area (Å²) in [5, 5.41) is 3.61. The molecule has 0 atom stereocenters. The molecule has 0 radical (unpaired) electrons. The molecule has 3 heteroatoms. The molecule has 1 aliphatic carbocycles. The van der Waals surface area contributed by atoms with Gasteiger partial charge < -0.3 is 10.1 Å². The highest BCUT2D eigenvalue weighted by Crippen LogP contribution is 2.39. The third-order valence-corrected chi connectivity index (χ3v) is 4.99. The summed E-state index contributed by atoms with van der Waals surface area (Å²) in [7, 11) is 1.81. The van der Waals surface area contributed by atoms with Crippen molar-refractivity contribution in [1.29, 1.82) is 0 Å². The van der Waals surface area contributed by atoms with Crippen LogP contribution in [-0.4, -0.2) is 50.8 Å². The Morgan fingerprint density at radius 2 is 1.80 bits per heavy atom. The highest BCUT2D eigenvalue weighted by atomic mass is 16.5. The van der Waals surface area contributed by atoms with Gasteiger partial charge in [-0.1, -0.05) is 33.6 Å². The van der Waals surface area contributed by atoms with Crippen LogP contribution >= 0.6 is 0 Å². The lowest BCUT2D eigenvalue weighted by Gasteiger charge is -2.39. The van der Waals surface area contributed by atoms with E-state index in [1.54, 1.807) is 0 Å². The Hall–Kier alpha value is -0.120. The summed E-state index contributed by atoms with van der Waals surface area (Å²) in [4.78, 5) is 2.70. The summed E-state index contributed by atoms with van der Waals surface area (Å²) in [6.45, 7) is 12.3. The number of methoxy groups -OCH3 is 1. The van der Waals surface area contributed by atoms with Crippen molar-refractivity contribution < 1.29 is 4.74 Å². The lowest BCUT2D eigenvalue weighted by molar-refractivity contribution is 0.0711. The molecule has 1 aliphatic rings. The minimum absolute atomic E-state index is 0.506.